The van der Waals surface area contributed by atoms with Gasteiger partial charge in [-0.15, -0.1) is 24.0 Å². The number of likely N-dealkylation sites (tertiary alicyclic amines) is 1. The second kappa shape index (κ2) is 14.2. The number of halogens is 3. The van der Waals surface area contributed by atoms with Gasteiger partial charge >= 0.3 is 6.61 Å². The minimum atomic E-state index is -2.89. The van der Waals surface area contributed by atoms with E-state index >= 15 is 0 Å². The first-order valence-corrected chi connectivity index (χ1v) is 10.9. The Hall–Kier alpha value is -2.14. The van der Waals surface area contributed by atoms with E-state index in [0.29, 0.717) is 19.0 Å². The SMILES string of the molecule is CN=C(NCCc1ccc(OC)c(OC(F)F)c1)NC1CCN(Cc2ccccc2)CC1.I. The van der Waals surface area contributed by atoms with Gasteiger partial charge in [0.05, 0.1) is 7.11 Å². The van der Waals surface area contributed by atoms with Gasteiger partial charge in [-0.25, -0.2) is 0 Å². The van der Waals surface area contributed by atoms with Gasteiger partial charge < -0.3 is 20.1 Å². The maximum absolute atomic E-state index is 12.6. The van der Waals surface area contributed by atoms with E-state index in [4.69, 9.17) is 4.74 Å². The number of rotatable bonds is 9. The molecule has 1 fully saturated rings. The molecule has 1 aliphatic rings. The highest BCUT2D eigenvalue weighted by Gasteiger charge is 2.20. The summed E-state index contributed by atoms with van der Waals surface area (Å²) in [7, 11) is 3.18. The van der Waals surface area contributed by atoms with Crippen LogP contribution in [-0.2, 0) is 13.0 Å². The zero-order valence-corrected chi connectivity index (χ0v) is 21.4. The summed E-state index contributed by atoms with van der Waals surface area (Å²) in [4.78, 5) is 6.80. The predicted octanol–water partition coefficient (Wildman–Crippen LogP) is 4.29. The van der Waals surface area contributed by atoms with Crippen molar-refractivity contribution in [1.29, 1.82) is 0 Å². The first-order valence-electron chi connectivity index (χ1n) is 10.9. The molecule has 2 aromatic carbocycles. The quantitative estimate of drug-likeness (QED) is 0.266. The normalized spacial score (nSPS) is 15.1. The van der Waals surface area contributed by atoms with Gasteiger partial charge in [0.15, 0.2) is 17.5 Å². The molecule has 2 N–H and O–H groups in total. The summed E-state index contributed by atoms with van der Waals surface area (Å²) in [6.45, 7) is 0.802. The van der Waals surface area contributed by atoms with Crippen LogP contribution in [0.3, 0.4) is 0 Å². The van der Waals surface area contributed by atoms with E-state index in [1.54, 1.807) is 19.2 Å². The molecule has 0 radical (unpaired) electrons. The first kappa shape index (κ1) is 27.1. The van der Waals surface area contributed by atoms with Gasteiger partial charge in [-0.1, -0.05) is 36.4 Å². The standard InChI is InChI=1S/C24H32F2N4O2.HI/c1-27-24(28-13-10-18-8-9-21(31-2)22(16-18)32-23(25)26)29-20-11-14-30(15-12-20)17-19-6-4-3-5-7-19;/h3-9,16,20,23H,10-15,17H2,1-2H3,(H2,27,28,29);1H. The number of alkyl halides is 2. The molecule has 6 nitrogen and oxygen atoms in total. The highest BCUT2D eigenvalue weighted by molar-refractivity contribution is 14.0. The number of ether oxygens (including phenoxy) is 2. The van der Waals surface area contributed by atoms with Crippen molar-refractivity contribution in [2.24, 2.45) is 4.99 Å². The minimum Gasteiger partial charge on any atom is -0.493 e. The van der Waals surface area contributed by atoms with Crippen LogP contribution >= 0.6 is 24.0 Å². The molecule has 1 aliphatic heterocycles. The molecule has 1 heterocycles. The van der Waals surface area contributed by atoms with E-state index in [-0.39, 0.29) is 35.5 Å². The summed E-state index contributed by atoms with van der Waals surface area (Å²) in [6.07, 6.45) is 2.75. The van der Waals surface area contributed by atoms with E-state index in [1.807, 2.05) is 12.1 Å². The minimum absolute atomic E-state index is 0. The van der Waals surface area contributed by atoms with Crippen LogP contribution in [0.5, 0.6) is 11.5 Å². The van der Waals surface area contributed by atoms with Crippen LogP contribution in [0.25, 0.3) is 0 Å². The lowest BCUT2D eigenvalue weighted by atomic mass is 10.0. The lowest BCUT2D eigenvalue weighted by Gasteiger charge is -2.33. The van der Waals surface area contributed by atoms with Gasteiger partial charge in [-0.3, -0.25) is 9.89 Å². The van der Waals surface area contributed by atoms with E-state index < -0.39 is 6.61 Å². The van der Waals surface area contributed by atoms with E-state index in [2.05, 4.69) is 49.5 Å². The average molecular weight is 574 g/mol. The number of piperidine rings is 1. The molecule has 0 amide bonds. The lowest BCUT2D eigenvalue weighted by molar-refractivity contribution is -0.0512. The van der Waals surface area contributed by atoms with Crippen LogP contribution in [-0.4, -0.2) is 57.3 Å². The molecular weight excluding hydrogens is 541 g/mol. The highest BCUT2D eigenvalue weighted by Crippen LogP contribution is 2.29. The number of hydrogen-bond donors (Lipinski definition) is 2. The van der Waals surface area contributed by atoms with Crippen LogP contribution in [0.4, 0.5) is 8.78 Å². The van der Waals surface area contributed by atoms with Crippen molar-refractivity contribution in [3.05, 3.63) is 59.7 Å². The van der Waals surface area contributed by atoms with Crippen molar-refractivity contribution in [3.8, 4) is 11.5 Å². The van der Waals surface area contributed by atoms with Gasteiger partial charge in [0.2, 0.25) is 0 Å². The third kappa shape index (κ3) is 8.96. The van der Waals surface area contributed by atoms with Crippen molar-refractivity contribution < 1.29 is 18.3 Å². The molecule has 9 heteroatoms. The van der Waals surface area contributed by atoms with Crippen molar-refractivity contribution in [2.75, 3.05) is 33.8 Å². The number of nitrogens with zero attached hydrogens (tertiary/aromatic N) is 2. The maximum Gasteiger partial charge on any atom is 0.387 e. The Kier molecular flexibility index (Phi) is 11.7. The molecule has 33 heavy (non-hydrogen) atoms. The fourth-order valence-corrected chi connectivity index (χ4v) is 3.85. The number of methoxy groups -OCH3 is 1. The Morgan fingerprint density at radius 2 is 1.82 bits per heavy atom. The fraction of sp³-hybridized carbons (Fsp3) is 0.458. The van der Waals surface area contributed by atoms with Crippen LogP contribution in [0, 0.1) is 0 Å². The molecule has 0 atom stereocenters. The smallest absolute Gasteiger partial charge is 0.387 e. The van der Waals surface area contributed by atoms with Crippen molar-refractivity contribution in [2.45, 2.75) is 38.5 Å². The Balaban J connectivity index is 0.00000385. The fourth-order valence-electron chi connectivity index (χ4n) is 3.85. The number of aliphatic imine (C=N–C) groups is 1. The van der Waals surface area contributed by atoms with Gasteiger partial charge in [-0.2, -0.15) is 8.78 Å². The molecule has 0 aromatic heterocycles. The number of guanidine groups is 1. The second-order valence-electron chi connectivity index (χ2n) is 7.79. The van der Waals surface area contributed by atoms with Crippen LogP contribution < -0.4 is 20.1 Å². The third-order valence-corrected chi connectivity index (χ3v) is 5.55. The number of nitrogens with one attached hydrogen (secondary N) is 2. The van der Waals surface area contributed by atoms with Crippen LogP contribution in [0.1, 0.15) is 24.0 Å². The Labute approximate surface area is 211 Å². The Morgan fingerprint density at radius 3 is 2.45 bits per heavy atom. The zero-order chi connectivity index (χ0) is 22.8. The Bertz CT molecular complexity index is 863. The van der Waals surface area contributed by atoms with Crippen molar-refractivity contribution >= 4 is 29.9 Å². The topological polar surface area (TPSA) is 58.1 Å². The highest BCUT2D eigenvalue weighted by atomic mass is 127. The summed E-state index contributed by atoms with van der Waals surface area (Å²) in [5.41, 5.74) is 2.22. The predicted molar refractivity (Wildman–Crippen MR) is 138 cm³/mol. The molecule has 0 aliphatic carbocycles. The van der Waals surface area contributed by atoms with Crippen molar-refractivity contribution in [1.82, 2.24) is 15.5 Å². The summed E-state index contributed by atoms with van der Waals surface area (Å²) < 4.78 is 34.9. The van der Waals surface area contributed by atoms with E-state index in [9.17, 15) is 8.78 Å². The monoisotopic (exact) mass is 574 g/mol. The summed E-state index contributed by atoms with van der Waals surface area (Å²) >= 11 is 0. The molecule has 2 aromatic rings. The van der Waals surface area contributed by atoms with Crippen molar-refractivity contribution in [3.63, 3.8) is 0 Å². The lowest BCUT2D eigenvalue weighted by Crippen LogP contribution is -2.48. The van der Waals surface area contributed by atoms with E-state index in [0.717, 1.165) is 44.0 Å². The molecule has 1 saturated heterocycles. The average Bonchev–Trinajstić information content (AvgIpc) is 2.80. The van der Waals surface area contributed by atoms with Gasteiger partial charge in [0, 0.05) is 39.3 Å². The molecular formula is C24H33F2IN4O2. The van der Waals surface area contributed by atoms with Gasteiger partial charge in [-0.05, 0) is 42.5 Å². The molecule has 0 saturated carbocycles. The maximum atomic E-state index is 12.6. The molecule has 0 unspecified atom stereocenters. The number of benzene rings is 2. The molecule has 182 valence electrons. The number of hydrogen-bond acceptors (Lipinski definition) is 4. The van der Waals surface area contributed by atoms with Gasteiger partial charge in [0.25, 0.3) is 0 Å². The second-order valence-corrected chi connectivity index (χ2v) is 7.79. The zero-order valence-electron chi connectivity index (χ0n) is 19.1. The molecule has 3 rings (SSSR count). The van der Waals surface area contributed by atoms with Crippen LogP contribution in [0.15, 0.2) is 53.5 Å². The van der Waals surface area contributed by atoms with Gasteiger partial charge in [0.1, 0.15) is 0 Å². The largest absolute Gasteiger partial charge is 0.493 e. The summed E-state index contributed by atoms with van der Waals surface area (Å²) in [5.74, 6) is 1.09. The Morgan fingerprint density at radius 1 is 1.09 bits per heavy atom. The molecule has 0 bridgehead atoms. The summed E-state index contributed by atoms with van der Waals surface area (Å²) in [6, 6.07) is 16.0. The first-order chi connectivity index (χ1) is 15.6. The summed E-state index contributed by atoms with van der Waals surface area (Å²) in [5, 5.41) is 6.81. The molecule has 0 spiro atoms. The third-order valence-electron chi connectivity index (χ3n) is 5.55. The van der Waals surface area contributed by atoms with Crippen LogP contribution in [0.2, 0.25) is 0 Å². The van der Waals surface area contributed by atoms with E-state index in [1.165, 1.54) is 12.7 Å².